The van der Waals surface area contributed by atoms with Gasteiger partial charge in [0.05, 0.1) is 11.8 Å². The van der Waals surface area contributed by atoms with Crippen molar-refractivity contribution in [2.24, 2.45) is 0 Å². The van der Waals surface area contributed by atoms with E-state index < -0.39 is 10.0 Å². The van der Waals surface area contributed by atoms with Crippen molar-refractivity contribution in [3.8, 4) is 6.07 Å². The maximum absolute atomic E-state index is 12.7. The highest BCUT2D eigenvalue weighted by Gasteiger charge is 2.24. The molecule has 2 aromatic rings. The fourth-order valence-corrected chi connectivity index (χ4v) is 3.53. The van der Waals surface area contributed by atoms with Crippen LogP contribution in [-0.2, 0) is 10.0 Å². The van der Waals surface area contributed by atoms with Crippen LogP contribution in [-0.4, -0.2) is 56.6 Å². The van der Waals surface area contributed by atoms with Gasteiger partial charge in [-0.05, 0) is 30.3 Å². The highest BCUT2D eigenvalue weighted by Crippen LogP contribution is 2.20. The van der Waals surface area contributed by atoms with Gasteiger partial charge in [0.1, 0.15) is 11.9 Å². The molecule has 3 rings (SSSR count). The van der Waals surface area contributed by atoms with Gasteiger partial charge in [-0.15, -0.1) is 0 Å². The van der Waals surface area contributed by atoms with Crippen molar-refractivity contribution < 1.29 is 13.2 Å². The number of hydrogen-bond donors (Lipinski definition) is 1. The normalized spacial score (nSPS) is 14.5. The number of nitriles is 1. The zero-order valence-electron chi connectivity index (χ0n) is 14.8. The third kappa shape index (κ3) is 4.54. The predicted molar refractivity (Wildman–Crippen MR) is 102 cm³/mol. The molecule has 2 heterocycles. The van der Waals surface area contributed by atoms with Gasteiger partial charge in [-0.3, -0.25) is 9.52 Å². The molecule has 8 nitrogen and oxygen atoms in total. The van der Waals surface area contributed by atoms with Gasteiger partial charge in [0.25, 0.3) is 5.91 Å². The number of aromatic nitrogens is 1. The molecular weight excluding hydrogens is 366 g/mol. The SMILES string of the molecule is CS(=O)(=O)Nc1cccc(C(=O)N2CCN(c3ncccc3C#N)CC2)c1. The van der Waals surface area contributed by atoms with Gasteiger partial charge in [0.2, 0.25) is 10.0 Å². The van der Waals surface area contributed by atoms with Gasteiger partial charge in [-0.1, -0.05) is 6.07 Å². The molecule has 9 heteroatoms. The number of nitrogens with one attached hydrogen (secondary N) is 1. The van der Waals surface area contributed by atoms with E-state index >= 15 is 0 Å². The monoisotopic (exact) mass is 385 g/mol. The van der Waals surface area contributed by atoms with Crippen LogP contribution in [0.4, 0.5) is 11.5 Å². The summed E-state index contributed by atoms with van der Waals surface area (Å²) in [7, 11) is -3.40. The van der Waals surface area contributed by atoms with Gasteiger partial charge in [0.15, 0.2) is 0 Å². The Morgan fingerprint density at radius 1 is 1.19 bits per heavy atom. The third-order valence-corrected chi connectivity index (χ3v) is 4.79. The van der Waals surface area contributed by atoms with Crippen LogP contribution in [0.25, 0.3) is 0 Å². The van der Waals surface area contributed by atoms with Crippen LogP contribution in [0.5, 0.6) is 0 Å². The van der Waals surface area contributed by atoms with E-state index in [1.807, 2.05) is 4.90 Å². The van der Waals surface area contributed by atoms with Crippen LogP contribution in [0.2, 0.25) is 0 Å². The summed E-state index contributed by atoms with van der Waals surface area (Å²) in [5, 5.41) is 9.21. The molecule has 0 atom stereocenters. The van der Waals surface area contributed by atoms with E-state index in [0.717, 1.165) is 6.26 Å². The van der Waals surface area contributed by atoms with Crippen LogP contribution in [0.15, 0.2) is 42.6 Å². The molecule has 1 aromatic heterocycles. The first kappa shape index (κ1) is 18.7. The summed E-state index contributed by atoms with van der Waals surface area (Å²) in [6, 6.07) is 12.0. The average molecular weight is 385 g/mol. The number of benzene rings is 1. The molecule has 140 valence electrons. The van der Waals surface area contributed by atoms with E-state index in [1.165, 1.54) is 6.07 Å². The number of hydrogen-bond acceptors (Lipinski definition) is 6. The molecule has 1 aliphatic heterocycles. The van der Waals surface area contributed by atoms with E-state index in [0.29, 0.717) is 48.8 Å². The van der Waals surface area contributed by atoms with Crippen molar-refractivity contribution in [1.29, 1.82) is 5.26 Å². The lowest BCUT2D eigenvalue weighted by molar-refractivity contribution is 0.0746. The highest BCUT2D eigenvalue weighted by molar-refractivity contribution is 7.92. The minimum atomic E-state index is -3.40. The van der Waals surface area contributed by atoms with Crippen molar-refractivity contribution in [1.82, 2.24) is 9.88 Å². The smallest absolute Gasteiger partial charge is 0.254 e. The zero-order chi connectivity index (χ0) is 19.4. The Balaban J connectivity index is 1.69. The largest absolute Gasteiger partial charge is 0.352 e. The van der Waals surface area contributed by atoms with E-state index in [1.54, 1.807) is 41.4 Å². The molecule has 0 spiro atoms. The summed E-state index contributed by atoms with van der Waals surface area (Å²) >= 11 is 0. The van der Waals surface area contributed by atoms with Crippen molar-refractivity contribution >= 4 is 27.4 Å². The van der Waals surface area contributed by atoms with Crippen molar-refractivity contribution in [2.45, 2.75) is 0 Å². The molecule has 0 aliphatic carbocycles. The quantitative estimate of drug-likeness (QED) is 0.850. The van der Waals surface area contributed by atoms with Crippen LogP contribution in [0, 0.1) is 11.3 Å². The number of anilines is 2. The van der Waals surface area contributed by atoms with Gasteiger partial charge in [0, 0.05) is 43.6 Å². The number of pyridine rings is 1. The molecule has 0 saturated carbocycles. The summed E-state index contributed by atoms with van der Waals surface area (Å²) in [6.45, 7) is 2.12. The van der Waals surface area contributed by atoms with Crippen molar-refractivity contribution in [3.63, 3.8) is 0 Å². The van der Waals surface area contributed by atoms with Gasteiger partial charge in [-0.25, -0.2) is 13.4 Å². The second-order valence-corrected chi connectivity index (χ2v) is 7.97. The second-order valence-electron chi connectivity index (χ2n) is 6.22. The molecule has 1 aromatic carbocycles. The number of amides is 1. The highest BCUT2D eigenvalue weighted by atomic mass is 32.2. The Kier molecular flexibility index (Phi) is 5.28. The second kappa shape index (κ2) is 7.63. The number of rotatable bonds is 4. The van der Waals surface area contributed by atoms with Crippen molar-refractivity contribution in [3.05, 3.63) is 53.7 Å². The fourth-order valence-electron chi connectivity index (χ4n) is 2.97. The number of piperazine rings is 1. The number of carbonyl (C=O) groups is 1. The Labute approximate surface area is 158 Å². The summed E-state index contributed by atoms with van der Waals surface area (Å²) in [5.41, 5.74) is 1.29. The molecular formula is C18H19N5O3S. The van der Waals surface area contributed by atoms with E-state index in [-0.39, 0.29) is 5.91 Å². The summed E-state index contributed by atoms with van der Waals surface area (Å²) in [6.07, 6.45) is 2.71. The number of nitrogens with zero attached hydrogens (tertiary/aromatic N) is 4. The van der Waals surface area contributed by atoms with Crippen LogP contribution < -0.4 is 9.62 Å². The molecule has 0 unspecified atom stereocenters. The Bertz CT molecular complexity index is 992. The first-order chi connectivity index (χ1) is 12.9. The molecule has 1 N–H and O–H groups in total. The fraction of sp³-hybridized carbons (Fsp3) is 0.278. The Morgan fingerprint density at radius 2 is 1.93 bits per heavy atom. The molecule has 27 heavy (non-hydrogen) atoms. The van der Waals surface area contributed by atoms with Crippen LogP contribution >= 0.6 is 0 Å². The zero-order valence-corrected chi connectivity index (χ0v) is 15.6. The van der Waals surface area contributed by atoms with E-state index in [2.05, 4.69) is 15.8 Å². The molecule has 0 bridgehead atoms. The van der Waals surface area contributed by atoms with Gasteiger partial charge in [-0.2, -0.15) is 5.26 Å². The van der Waals surface area contributed by atoms with Gasteiger partial charge < -0.3 is 9.80 Å². The first-order valence-corrected chi connectivity index (χ1v) is 10.2. The molecule has 0 radical (unpaired) electrons. The van der Waals surface area contributed by atoms with Crippen LogP contribution in [0.3, 0.4) is 0 Å². The standard InChI is InChI=1S/C18H19N5O3S/c1-27(25,26)21-16-6-2-4-14(12-16)18(24)23-10-8-22(9-11-23)17-15(13-19)5-3-7-20-17/h2-7,12,21H,8-11H2,1H3. The Morgan fingerprint density at radius 3 is 2.59 bits per heavy atom. The number of sulfonamides is 1. The van der Waals surface area contributed by atoms with E-state index in [4.69, 9.17) is 0 Å². The van der Waals surface area contributed by atoms with Crippen LogP contribution in [0.1, 0.15) is 15.9 Å². The summed E-state index contributed by atoms with van der Waals surface area (Å²) in [5.74, 6) is 0.472. The van der Waals surface area contributed by atoms with Gasteiger partial charge >= 0.3 is 0 Å². The minimum Gasteiger partial charge on any atom is -0.352 e. The minimum absolute atomic E-state index is 0.159. The lowest BCUT2D eigenvalue weighted by atomic mass is 10.1. The molecule has 1 aliphatic rings. The lowest BCUT2D eigenvalue weighted by Crippen LogP contribution is -2.49. The molecule has 1 amide bonds. The maximum Gasteiger partial charge on any atom is 0.254 e. The summed E-state index contributed by atoms with van der Waals surface area (Å²) in [4.78, 5) is 20.7. The predicted octanol–water partition coefficient (Wildman–Crippen LogP) is 1.29. The topological polar surface area (TPSA) is 106 Å². The lowest BCUT2D eigenvalue weighted by Gasteiger charge is -2.35. The maximum atomic E-state index is 12.7. The number of carbonyl (C=O) groups excluding carboxylic acids is 1. The molecule has 1 saturated heterocycles. The third-order valence-electron chi connectivity index (χ3n) is 4.19. The average Bonchev–Trinajstić information content (AvgIpc) is 2.66. The van der Waals surface area contributed by atoms with E-state index in [9.17, 15) is 18.5 Å². The first-order valence-electron chi connectivity index (χ1n) is 8.34. The molecule has 1 fully saturated rings. The summed E-state index contributed by atoms with van der Waals surface area (Å²) < 4.78 is 25.1. The Hall–Kier alpha value is -3.12. The van der Waals surface area contributed by atoms with Crippen molar-refractivity contribution in [2.75, 3.05) is 42.1 Å².